The van der Waals surface area contributed by atoms with Gasteiger partial charge in [-0.15, -0.1) is 11.3 Å². The SMILES string of the molecule is COc1ccc([N+](=O)[O-])cc1-c1ccc(/C=N\NC(=O)CSc2nc3ccccc3s2)o1. The molecule has 0 fully saturated rings. The van der Waals surface area contributed by atoms with Crippen LogP contribution in [0.15, 0.2) is 68.5 Å². The molecule has 2 aromatic carbocycles. The lowest BCUT2D eigenvalue weighted by atomic mass is 10.1. The van der Waals surface area contributed by atoms with Crippen molar-refractivity contribution < 1.29 is 18.9 Å². The number of nitro benzene ring substituents is 1. The van der Waals surface area contributed by atoms with E-state index in [-0.39, 0.29) is 17.3 Å². The Bertz CT molecular complexity index is 1280. The minimum absolute atomic E-state index is 0.0784. The highest BCUT2D eigenvalue weighted by atomic mass is 32.2. The maximum atomic E-state index is 12.1. The molecule has 0 unspecified atom stereocenters. The molecule has 0 bridgehead atoms. The number of fused-ring (bicyclic) bond motifs is 1. The van der Waals surface area contributed by atoms with Crippen molar-refractivity contribution in [2.45, 2.75) is 4.34 Å². The van der Waals surface area contributed by atoms with Gasteiger partial charge in [-0.25, -0.2) is 10.4 Å². The number of non-ortho nitro benzene ring substituents is 1. The lowest BCUT2D eigenvalue weighted by molar-refractivity contribution is -0.384. The number of aromatic nitrogens is 1. The van der Waals surface area contributed by atoms with E-state index in [0.29, 0.717) is 22.8 Å². The van der Waals surface area contributed by atoms with E-state index in [1.165, 1.54) is 54.6 Å². The van der Waals surface area contributed by atoms with Gasteiger partial charge in [0.15, 0.2) is 4.34 Å². The van der Waals surface area contributed by atoms with Crippen LogP contribution in [-0.2, 0) is 4.79 Å². The Kier molecular flexibility index (Phi) is 6.47. The van der Waals surface area contributed by atoms with Gasteiger partial charge in [0.05, 0.1) is 39.8 Å². The molecule has 162 valence electrons. The second kappa shape index (κ2) is 9.62. The van der Waals surface area contributed by atoms with E-state index in [4.69, 9.17) is 9.15 Å². The highest BCUT2D eigenvalue weighted by Crippen LogP contribution is 2.34. The third kappa shape index (κ3) is 4.95. The number of thiazole rings is 1. The number of hydrogen-bond donors (Lipinski definition) is 1. The van der Waals surface area contributed by atoms with Crippen LogP contribution in [0.25, 0.3) is 21.5 Å². The molecule has 4 rings (SSSR count). The number of nitrogens with one attached hydrogen (secondary N) is 1. The van der Waals surface area contributed by atoms with Gasteiger partial charge in [0, 0.05) is 12.1 Å². The number of benzene rings is 2. The van der Waals surface area contributed by atoms with Gasteiger partial charge < -0.3 is 9.15 Å². The van der Waals surface area contributed by atoms with E-state index in [1.807, 2.05) is 24.3 Å². The third-order valence-electron chi connectivity index (χ3n) is 4.27. The standard InChI is InChI=1S/C21H16N4O5S2/c1-29-17-8-6-13(25(27)28)10-15(17)18-9-7-14(30-18)11-22-24-20(26)12-31-21-23-16-4-2-3-5-19(16)32-21/h2-11H,12H2,1H3,(H,24,26)/b22-11-. The molecule has 0 radical (unpaired) electrons. The minimum Gasteiger partial charge on any atom is -0.496 e. The number of methoxy groups -OCH3 is 1. The number of thioether (sulfide) groups is 1. The first-order chi connectivity index (χ1) is 15.5. The van der Waals surface area contributed by atoms with Gasteiger partial charge in [-0.1, -0.05) is 23.9 Å². The topological polar surface area (TPSA) is 120 Å². The van der Waals surface area contributed by atoms with Crippen molar-refractivity contribution in [2.75, 3.05) is 12.9 Å². The fraction of sp³-hybridized carbons (Fsp3) is 0.0952. The second-order valence-corrected chi connectivity index (χ2v) is 8.63. The largest absolute Gasteiger partial charge is 0.496 e. The molecular weight excluding hydrogens is 452 g/mol. The fourth-order valence-electron chi connectivity index (χ4n) is 2.81. The Hall–Kier alpha value is -3.70. The predicted molar refractivity (Wildman–Crippen MR) is 123 cm³/mol. The first-order valence-electron chi connectivity index (χ1n) is 9.26. The van der Waals surface area contributed by atoms with Crippen molar-refractivity contribution in [1.29, 1.82) is 0 Å². The molecule has 0 saturated heterocycles. The molecule has 0 atom stereocenters. The monoisotopic (exact) mass is 468 g/mol. The Morgan fingerprint density at radius 3 is 2.94 bits per heavy atom. The summed E-state index contributed by atoms with van der Waals surface area (Å²) in [6.07, 6.45) is 1.35. The molecule has 0 aliphatic rings. The third-order valence-corrected chi connectivity index (χ3v) is 6.45. The molecule has 4 aromatic rings. The van der Waals surface area contributed by atoms with Gasteiger partial charge in [0.2, 0.25) is 0 Å². The van der Waals surface area contributed by atoms with E-state index in [1.54, 1.807) is 12.1 Å². The molecule has 0 aliphatic carbocycles. The minimum atomic E-state index is -0.490. The molecule has 32 heavy (non-hydrogen) atoms. The van der Waals surface area contributed by atoms with Gasteiger partial charge in [0.25, 0.3) is 11.6 Å². The summed E-state index contributed by atoms with van der Waals surface area (Å²) in [7, 11) is 1.47. The van der Waals surface area contributed by atoms with E-state index in [0.717, 1.165) is 14.6 Å². The maximum absolute atomic E-state index is 12.1. The quantitative estimate of drug-likeness (QED) is 0.172. The number of hydrazone groups is 1. The number of para-hydroxylation sites is 1. The number of hydrogen-bond acceptors (Lipinski definition) is 9. The molecule has 0 aliphatic heterocycles. The van der Waals surface area contributed by atoms with Crippen LogP contribution in [0.3, 0.4) is 0 Å². The first-order valence-corrected chi connectivity index (χ1v) is 11.1. The van der Waals surface area contributed by atoms with Crippen molar-refractivity contribution in [1.82, 2.24) is 10.4 Å². The van der Waals surface area contributed by atoms with Crippen molar-refractivity contribution in [3.8, 4) is 17.1 Å². The highest BCUT2D eigenvalue weighted by molar-refractivity contribution is 8.01. The predicted octanol–water partition coefficient (Wildman–Crippen LogP) is 4.72. The number of furan rings is 1. The molecular formula is C21H16N4O5S2. The molecule has 1 amide bonds. The van der Waals surface area contributed by atoms with Gasteiger partial charge in [0.1, 0.15) is 17.3 Å². The zero-order valence-electron chi connectivity index (χ0n) is 16.7. The summed E-state index contributed by atoms with van der Waals surface area (Å²) >= 11 is 2.87. The zero-order valence-corrected chi connectivity index (χ0v) is 18.3. The summed E-state index contributed by atoms with van der Waals surface area (Å²) in [6.45, 7) is 0. The Balaban J connectivity index is 1.36. The summed E-state index contributed by atoms with van der Waals surface area (Å²) < 4.78 is 12.8. The van der Waals surface area contributed by atoms with Crippen LogP contribution in [0.2, 0.25) is 0 Å². The van der Waals surface area contributed by atoms with E-state index >= 15 is 0 Å². The highest BCUT2D eigenvalue weighted by Gasteiger charge is 2.15. The van der Waals surface area contributed by atoms with Crippen LogP contribution < -0.4 is 10.2 Å². The molecule has 11 heteroatoms. The molecule has 1 N–H and O–H groups in total. The van der Waals surface area contributed by atoms with Gasteiger partial charge in [-0.3, -0.25) is 14.9 Å². The van der Waals surface area contributed by atoms with Crippen LogP contribution in [0.4, 0.5) is 5.69 Å². The normalized spacial score (nSPS) is 11.2. The number of amides is 1. The van der Waals surface area contributed by atoms with Gasteiger partial charge in [-0.2, -0.15) is 5.10 Å². The van der Waals surface area contributed by atoms with Crippen LogP contribution in [0.1, 0.15) is 5.76 Å². The Labute approximate surface area is 190 Å². The average Bonchev–Trinajstić information content (AvgIpc) is 3.44. The van der Waals surface area contributed by atoms with Crippen molar-refractivity contribution >= 4 is 51.1 Å². The molecule has 0 spiro atoms. The number of rotatable bonds is 8. The number of carbonyl (C=O) groups is 1. The molecule has 2 heterocycles. The summed E-state index contributed by atoms with van der Waals surface area (Å²) in [5.41, 5.74) is 3.72. The van der Waals surface area contributed by atoms with Gasteiger partial charge in [-0.05, 0) is 30.3 Å². The number of nitrogens with zero attached hydrogens (tertiary/aromatic N) is 3. The van der Waals surface area contributed by atoms with Gasteiger partial charge >= 0.3 is 0 Å². The van der Waals surface area contributed by atoms with Crippen molar-refractivity contribution in [3.05, 3.63) is 70.5 Å². The summed E-state index contributed by atoms with van der Waals surface area (Å²) in [6, 6.07) is 15.3. The lowest BCUT2D eigenvalue weighted by Gasteiger charge is -2.05. The summed E-state index contributed by atoms with van der Waals surface area (Å²) in [5.74, 6) is 1.08. The smallest absolute Gasteiger partial charge is 0.270 e. The summed E-state index contributed by atoms with van der Waals surface area (Å²) in [4.78, 5) is 27.1. The number of carbonyl (C=O) groups excluding carboxylic acids is 1. The van der Waals surface area contributed by atoms with Crippen LogP contribution in [0.5, 0.6) is 5.75 Å². The maximum Gasteiger partial charge on any atom is 0.270 e. The lowest BCUT2D eigenvalue weighted by Crippen LogP contribution is -2.19. The van der Waals surface area contributed by atoms with Crippen LogP contribution in [-0.4, -0.2) is 34.9 Å². The first kappa shape index (κ1) is 21.5. The van der Waals surface area contributed by atoms with Crippen LogP contribution in [0, 0.1) is 10.1 Å². The average molecular weight is 469 g/mol. The van der Waals surface area contributed by atoms with Crippen molar-refractivity contribution in [3.63, 3.8) is 0 Å². The Morgan fingerprint density at radius 2 is 2.16 bits per heavy atom. The zero-order chi connectivity index (χ0) is 22.5. The van der Waals surface area contributed by atoms with E-state index < -0.39 is 4.92 Å². The van der Waals surface area contributed by atoms with Crippen LogP contribution >= 0.6 is 23.1 Å². The Morgan fingerprint density at radius 1 is 1.31 bits per heavy atom. The second-order valence-electron chi connectivity index (χ2n) is 6.37. The molecule has 2 aromatic heterocycles. The van der Waals surface area contributed by atoms with E-state index in [2.05, 4.69) is 15.5 Å². The van der Waals surface area contributed by atoms with Crippen molar-refractivity contribution in [2.24, 2.45) is 5.10 Å². The van der Waals surface area contributed by atoms with E-state index in [9.17, 15) is 14.9 Å². The molecule has 0 saturated carbocycles. The molecule has 9 nitrogen and oxygen atoms in total. The summed E-state index contributed by atoms with van der Waals surface area (Å²) in [5, 5.41) is 15.0. The number of ether oxygens (including phenoxy) is 1. The number of nitro groups is 1. The fourth-order valence-corrected chi connectivity index (χ4v) is 4.67.